The van der Waals surface area contributed by atoms with Gasteiger partial charge in [-0.3, -0.25) is 4.79 Å². The number of nitrogens with zero attached hydrogens (tertiary/aromatic N) is 5. The van der Waals surface area contributed by atoms with Crippen LogP contribution < -0.4 is 10.2 Å². The van der Waals surface area contributed by atoms with Gasteiger partial charge in [0.25, 0.3) is 5.91 Å². The predicted octanol–water partition coefficient (Wildman–Crippen LogP) is 1.33. The Morgan fingerprint density at radius 3 is 3.00 bits per heavy atom. The molecule has 2 saturated heterocycles. The van der Waals surface area contributed by atoms with Crippen LogP contribution in [0.2, 0.25) is 0 Å². The molecule has 3 aliphatic heterocycles. The van der Waals surface area contributed by atoms with Crippen LogP contribution in [-0.4, -0.2) is 65.2 Å². The van der Waals surface area contributed by atoms with Gasteiger partial charge in [-0.15, -0.1) is 0 Å². The summed E-state index contributed by atoms with van der Waals surface area (Å²) in [5, 5.41) is 3.35. The van der Waals surface area contributed by atoms with Gasteiger partial charge in [-0.25, -0.2) is 15.0 Å². The maximum absolute atomic E-state index is 13.3. The zero-order valence-electron chi connectivity index (χ0n) is 16.5. The quantitative estimate of drug-likeness (QED) is 0.841. The fraction of sp³-hybridized carbons (Fsp3) is 0.524. The lowest BCUT2D eigenvalue weighted by molar-refractivity contribution is 0.0729. The van der Waals surface area contributed by atoms with E-state index < -0.39 is 0 Å². The van der Waals surface area contributed by atoms with Gasteiger partial charge in [-0.1, -0.05) is 0 Å². The first-order chi connectivity index (χ1) is 14.3. The molecule has 0 bridgehead atoms. The van der Waals surface area contributed by atoms with Crippen molar-refractivity contribution in [2.24, 2.45) is 0 Å². The molecule has 29 heavy (non-hydrogen) atoms. The summed E-state index contributed by atoms with van der Waals surface area (Å²) in [7, 11) is 0. The first-order valence-corrected chi connectivity index (χ1v) is 10.4. The molecule has 0 saturated carbocycles. The number of pyridine rings is 1. The van der Waals surface area contributed by atoms with Gasteiger partial charge in [0.05, 0.1) is 19.3 Å². The Hall–Kier alpha value is -2.58. The molecular weight excluding hydrogens is 368 g/mol. The average molecular weight is 394 g/mol. The monoisotopic (exact) mass is 394 g/mol. The molecule has 0 spiro atoms. The Balaban J connectivity index is 1.38. The molecule has 8 nitrogen and oxygen atoms in total. The van der Waals surface area contributed by atoms with E-state index in [1.165, 1.54) is 5.56 Å². The summed E-state index contributed by atoms with van der Waals surface area (Å²) in [4.78, 5) is 31.4. The van der Waals surface area contributed by atoms with Crippen LogP contribution in [0.25, 0.3) is 0 Å². The van der Waals surface area contributed by atoms with Gasteiger partial charge in [0.15, 0.2) is 5.82 Å². The van der Waals surface area contributed by atoms with E-state index in [0.29, 0.717) is 18.8 Å². The molecule has 1 unspecified atom stereocenters. The maximum atomic E-state index is 13.3. The third-order valence-electron chi connectivity index (χ3n) is 5.97. The topological polar surface area (TPSA) is 83.5 Å². The van der Waals surface area contributed by atoms with Gasteiger partial charge in [-0.2, -0.15) is 0 Å². The first kappa shape index (κ1) is 18.4. The van der Waals surface area contributed by atoms with Gasteiger partial charge < -0.3 is 19.9 Å². The van der Waals surface area contributed by atoms with Crippen LogP contribution >= 0.6 is 0 Å². The molecule has 5 heterocycles. The lowest BCUT2D eigenvalue weighted by atomic mass is 10.1. The number of nitrogens with one attached hydrogen (secondary N) is 1. The highest BCUT2D eigenvalue weighted by molar-refractivity contribution is 5.95. The predicted molar refractivity (Wildman–Crippen MR) is 108 cm³/mol. The second kappa shape index (κ2) is 8.04. The van der Waals surface area contributed by atoms with E-state index in [-0.39, 0.29) is 11.9 Å². The van der Waals surface area contributed by atoms with Crippen LogP contribution in [0.3, 0.4) is 0 Å². The van der Waals surface area contributed by atoms with Crippen molar-refractivity contribution in [1.82, 2.24) is 25.2 Å². The van der Waals surface area contributed by atoms with Gasteiger partial charge in [0, 0.05) is 68.4 Å². The van der Waals surface area contributed by atoms with Crippen molar-refractivity contribution in [3.05, 3.63) is 47.2 Å². The molecular formula is C21H26N6O2. The molecule has 3 aliphatic rings. The van der Waals surface area contributed by atoms with Gasteiger partial charge >= 0.3 is 0 Å². The van der Waals surface area contributed by atoms with Crippen molar-refractivity contribution in [1.29, 1.82) is 0 Å². The molecule has 1 N–H and O–H groups in total. The Kier molecular flexibility index (Phi) is 5.12. The van der Waals surface area contributed by atoms with Gasteiger partial charge in [-0.05, 0) is 25.0 Å². The molecule has 1 atom stereocenters. The van der Waals surface area contributed by atoms with Gasteiger partial charge in [0.2, 0.25) is 0 Å². The van der Waals surface area contributed by atoms with Crippen molar-refractivity contribution in [3.63, 3.8) is 0 Å². The summed E-state index contributed by atoms with van der Waals surface area (Å²) in [6.45, 7) is 5.49. The molecule has 5 rings (SSSR count). The highest BCUT2D eigenvalue weighted by Crippen LogP contribution is 2.32. The summed E-state index contributed by atoms with van der Waals surface area (Å²) < 4.78 is 5.42. The molecule has 0 radical (unpaired) electrons. The van der Waals surface area contributed by atoms with Crippen LogP contribution in [-0.2, 0) is 17.7 Å². The van der Waals surface area contributed by atoms with E-state index in [9.17, 15) is 4.79 Å². The van der Waals surface area contributed by atoms with E-state index in [0.717, 1.165) is 69.3 Å². The van der Waals surface area contributed by atoms with Gasteiger partial charge in [0.1, 0.15) is 5.82 Å². The van der Waals surface area contributed by atoms with E-state index in [4.69, 9.17) is 9.72 Å². The minimum Gasteiger partial charge on any atom is -0.378 e. The average Bonchev–Trinajstić information content (AvgIpc) is 3.29. The Bertz CT molecular complexity index is 898. The smallest absolute Gasteiger partial charge is 0.254 e. The molecule has 2 aromatic rings. The molecule has 1 amide bonds. The molecule has 152 valence electrons. The molecule has 2 fully saturated rings. The van der Waals surface area contributed by atoms with Crippen LogP contribution in [0, 0.1) is 0 Å². The van der Waals surface area contributed by atoms with Crippen molar-refractivity contribution in [2.75, 3.05) is 44.3 Å². The number of anilines is 1. The minimum absolute atomic E-state index is 0.0346. The maximum Gasteiger partial charge on any atom is 0.254 e. The second-order valence-corrected chi connectivity index (χ2v) is 7.79. The number of aromatic nitrogens is 3. The fourth-order valence-corrected chi connectivity index (χ4v) is 4.37. The summed E-state index contributed by atoms with van der Waals surface area (Å²) in [6, 6.07) is 3.66. The number of morpholine rings is 1. The number of hydrogen-bond donors (Lipinski definition) is 1. The van der Waals surface area contributed by atoms with Crippen molar-refractivity contribution in [3.8, 4) is 0 Å². The summed E-state index contributed by atoms with van der Waals surface area (Å²) in [5.41, 5.74) is 2.96. The number of carbonyl (C=O) groups excluding carboxylic acids is 1. The van der Waals surface area contributed by atoms with Crippen molar-refractivity contribution in [2.45, 2.75) is 31.8 Å². The molecule has 0 aromatic carbocycles. The van der Waals surface area contributed by atoms with Crippen LogP contribution in [0.15, 0.2) is 24.5 Å². The van der Waals surface area contributed by atoms with Crippen LogP contribution in [0.1, 0.15) is 46.3 Å². The standard InChI is InChI=1S/C21H26N6O2/c28-21(15-3-6-23-19(12-15)26-8-10-29-11-9-26)27-7-1-2-18(27)20-24-14-16-13-22-5-4-17(16)25-20/h3,6,12,14,18,22H,1-2,4-5,7-11,13H2. The third kappa shape index (κ3) is 3.70. The number of ether oxygens (including phenoxy) is 1. The van der Waals surface area contributed by atoms with Crippen LogP contribution in [0.5, 0.6) is 0 Å². The zero-order valence-corrected chi connectivity index (χ0v) is 16.5. The Morgan fingerprint density at radius 2 is 2.10 bits per heavy atom. The number of rotatable bonds is 3. The third-order valence-corrected chi connectivity index (χ3v) is 5.97. The number of fused-ring (bicyclic) bond motifs is 1. The Labute approximate surface area is 170 Å². The molecule has 8 heteroatoms. The van der Waals surface area contributed by atoms with Crippen molar-refractivity contribution >= 4 is 11.7 Å². The number of carbonyl (C=O) groups is 1. The van der Waals surface area contributed by atoms with E-state index in [2.05, 4.69) is 20.2 Å². The highest BCUT2D eigenvalue weighted by Gasteiger charge is 2.33. The normalized spacial score (nSPS) is 21.9. The highest BCUT2D eigenvalue weighted by atomic mass is 16.5. The summed E-state index contributed by atoms with van der Waals surface area (Å²) in [6.07, 6.45) is 6.45. The zero-order chi connectivity index (χ0) is 19.6. The van der Waals surface area contributed by atoms with E-state index in [1.54, 1.807) is 12.3 Å². The molecule has 0 aliphatic carbocycles. The minimum atomic E-state index is -0.0531. The van der Waals surface area contributed by atoms with Crippen LogP contribution in [0.4, 0.5) is 5.82 Å². The number of hydrogen-bond acceptors (Lipinski definition) is 7. The molecule has 2 aromatic heterocycles. The summed E-state index contributed by atoms with van der Waals surface area (Å²) in [5.74, 6) is 1.65. The van der Waals surface area contributed by atoms with E-state index >= 15 is 0 Å². The lowest BCUT2D eigenvalue weighted by Crippen LogP contribution is -2.37. The summed E-state index contributed by atoms with van der Waals surface area (Å²) >= 11 is 0. The van der Waals surface area contributed by atoms with E-state index in [1.807, 2.05) is 17.2 Å². The Morgan fingerprint density at radius 1 is 1.21 bits per heavy atom. The SMILES string of the molecule is O=C(c1ccnc(N2CCOCC2)c1)N1CCCC1c1ncc2c(n1)CCNC2. The van der Waals surface area contributed by atoms with Crippen molar-refractivity contribution < 1.29 is 9.53 Å². The fourth-order valence-electron chi connectivity index (χ4n) is 4.37. The largest absolute Gasteiger partial charge is 0.378 e. The first-order valence-electron chi connectivity index (χ1n) is 10.4. The number of amides is 1. The second-order valence-electron chi connectivity index (χ2n) is 7.79. The lowest BCUT2D eigenvalue weighted by Gasteiger charge is -2.28. The number of likely N-dealkylation sites (tertiary alicyclic amines) is 1.